The van der Waals surface area contributed by atoms with Crippen LogP contribution in [0.15, 0.2) is 48.5 Å². The third-order valence-electron chi connectivity index (χ3n) is 2.71. The summed E-state index contributed by atoms with van der Waals surface area (Å²) in [4.78, 5) is 15.6. The van der Waals surface area contributed by atoms with Gasteiger partial charge in [0.2, 0.25) is 5.91 Å². The number of benzene rings is 2. The van der Waals surface area contributed by atoms with Crippen molar-refractivity contribution in [2.75, 3.05) is 0 Å². The Morgan fingerprint density at radius 3 is 2.44 bits per heavy atom. The van der Waals surface area contributed by atoms with E-state index in [1.54, 1.807) is 23.5 Å². The van der Waals surface area contributed by atoms with E-state index < -0.39 is 5.91 Å². The van der Waals surface area contributed by atoms with E-state index in [4.69, 9.17) is 5.73 Å². The maximum Gasteiger partial charge on any atom is 0.248 e. The van der Waals surface area contributed by atoms with Crippen LogP contribution in [0.3, 0.4) is 0 Å². The summed E-state index contributed by atoms with van der Waals surface area (Å²) in [5.74, 6) is -0.411. The van der Waals surface area contributed by atoms with E-state index >= 15 is 0 Å². The third kappa shape index (κ3) is 1.87. The van der Waals surface area contributed by atoms with E-state index in [1.807, 2.05) is 36.4 Å². The van der Waals surface area contributed by atoms with Gasteiger partial charge >= 0.3 is 0 Å². The maximum atomic E-state index is 11.0. The van der Waals surface area contributed by atoms with E-state index in [-0.39, 0.29) is 0 Å². The Morgan fingerprint density at radius 2 is 1.78 bits per heavy atom. The van der Waals surface area contributed by atoms with Crippen LogP contribution < -0.4 is 5.73 Å². The SMILES string of the molecule is NC(=O)c1ccc(-c2nc3ccccc3s2)cc1. The second-order valence-corrected chi connectivity index (χ2v) is 4.96. The van der Waals surface area contributed by atoms with Gasteiger partial charge in [-0.2, -0.15) is 0 Å². The van der Waals surface area contributed by atoms with Gasteiger partial charge in [-0.25, -0.2) is 4.98 Å². The zero-order chi connectivity index (χ0) is 12.5. The lowest BCUT2D eigenvalue weighted by atomic mass is 10.1. The molecule has 0 unspecified atom stereocenters. The Hall–Kier alpha value is -2.20. The molecule has 0 aliphatic carbocycles. The van der Waals surface area contributed by atoms with Gasteiger partial charge < -0.3 is 5.73 Å². The van der Waals surface area contributed by atoms with Crippen molar-refractivity contribution in [3.05, 3.63) is 54.1 Å². The van der Waals surface area contributed by atoms with Crippen molar-refractivity contribution in [1.29, 1.82) is 0 Å². The number of rotatable bonds is 2. The molecule has 3 rings (SSSR count). The summed E-state index contributed by atoms with van der Waals surface area (Å²) in [5, 5.41) is 0.951. The third-order valence-corrected chi connectivity index (χ3v) is 3.80. The Balaban J connectivity index is 2.06. The van der Waals surface area contributed by atoms with Gasteiger partial charge in [0.15, 0.2) is 0 Å². The average Bonchev–Trinajstić information content (AvgIpc) is 2.82. The molecule has 88 valence electrons. The molecule has 0 saturated carbocycles. The molecule has 3 nitrogen and oxygen atoms in total. The lowest BCUT2D eigenvalue weighted by Crippen LogP contribution is -2.10. The molecule has 0 aliphatic heterocycles. The number of nitrogens with zero attached hydrogens (tertiary/aromatic N) is 1. The fourth-order valence-electron chi connectivity index (χ4n) is 1.77. The first-order valence-electron chi connectivity index (χ1n) is 5.50. The van der Waals surface area contributed by atoms with Crippen LogP contribution in [0, 0.1) is 0 Å². The Bertz CT molecular complexity index is 683. The van der Waals surface area contributed by atoms with Crippen molar-refractivity contribution in [2.24, 2.45) is 5.73 Å². The van der Waals surface area contributed by atoms with E-state index in [9.17, 15) is 4.79 Å². The second-order valence-electron chi connectivity index (χ2n) is 3.93. The smallest absolute Gasteiger partial charge is 0.248 e. The Morgan fingerprint density at radius 1 is 1.06 bits per heavy atom. The minimum atomic E-state index is -0.411. The van der Waals surface area contributed by atoms with Crippen LogP contribution >= 0.6 is 11.3 Å². The van der Waals surface area contributed by atoms with Crippen LogP contribution in [0.2, 0.25) is 0 Å². The van der Waals surface area contributed by atoms with E-state index in [1.165, 1.54) is 0 Å². The number of hydrogen-bond donors (Lipinski definition) is 1. The molecule has 18 heavy (non-hydrogen) atoms. The predicted octanol–water partition coefficient (Wildman–Crippen LogP) is 3.06. The number of aromatic nitrogens is 1. The van der Waals surface area contributed by atoms with Crippen LogP contribution in [0.4, 0.5) is 0 Å². The van der Waals surface area contributed by atoms with Crippen LogP contribution in [0.25, 0.3) is 20.8 Å². The van der Waals surface area contributed by atoms with Crippen LogP contribution in [0.5, 0.6) is 0 Å². The molecule has 0 fully saturated rings. The Labute approximate surface area is 108 Å². The summed E-state index contributed by atoms with van der Waals surface area (Å²) in [6.45, 7) is 0. The molecule has 2 aromatic carbocycles. The summed E-state index contributed by atoms with van der Waals surface area (Å²) in [5.41, 5.74) is 7.72. The van der Waals surface area contributed by atoms with E-state index in [0.717, 1.165) is 20.8 Å². The molecule has 4 heteroatoms. The molecule has 3 aromatic rings. The lowest BCUT2D eigenvalue weighted by molar-refractivity contribution is 0.100. The summed E-state index contributed by atoms with van der Waals surface area (Å²) in [7, 11) is 0. The minimum absolute atomic E-state index is 0.411. The number of carbonyl (C=O) groups is 1. The topological polar surface area (TPSA) is 56.0 Å². The number of amides is 1. The van der Waals surface area contributed by atoms with Gasteiger partial charge in [-0.15, -0.1) is 11.3 Å². The molecular formula is C14H10N2OS. The fraction of sp³-hybridized carbons (Fsp3) is 0. The molecule has 0 spiro atoms. The molecule has 0 aliphatic rings. The molecule has 0 atom stereocenters. The number of nitrogens with two attached hydrogens (primary N) is 1. The van der Waals surface area contributed by atoms with Gasteiger partial charge in [0.05, 0.1) is 10.2 Å². The van der Waals surface area contributed by atoms with E-state index in [2.05, 4.69) is 4.98 Å². The van der Waals surface area contributed by atoms with Crippen molar-refractivity contribution in [3.63, 3.8) is 0 Å². The number of carbonyl (C=O) groups excluding carboxylic acids is 1. The van der Waals surface area contributed by atoms with Crippen molar-refractivity contribution in [1.82, 2.24) is 4.98 Å². The minimum Gasteiger partial charge on any atom is -0.366 e. The van der Waals surface area contributed by atoms with Crippen LogP contribution in [-0.2, 0) is 0 Å². The first kappa shape index (κ1) is 10.9. The molecule has 1 amide bonds. The van der Waals surface area contributed by atoms with Crippen LogP contribution in [0.1, 0.15) is 10.4 Å². The van der Waals surface area contributed by atoms with Crippen molar-refractivity contribution in [2.45, 2.75) is 0 Å². The summed E-state index contributed by atoms with van der Waals surface area (Å²) in [6, 6.07) is 15.2. The summed E-state index contributed by atoms with van der Waals surface area (Å²) in [6.07, 6.45) is 0. The average molecular weight is 254 g/mol. The zero-order valence-corrected chi connectivity index (χ0v) is 10.3. The molecule has 2 N–H and O–H groups in total. The van der Waals surface area contributed by atoms with E-state index in [0.29, 0.717) is 5.56 Å². The highest BCUT2D eigenvalue weighted by atomic mass is 32.1. The normalized spacial score (nSPS) is 10.7. The fourth-order valence-corrected chi connectivity index (χ4v) is 2.74. The number of fused-ring (bicyclic) bond motifs is 1. The number of thiazole rings is 1. The van der Waals surface area contributed by atoms with Gasteiger partial charge in [-0.05, 0) is 24.3 Å². The molecule has 1 heterocycles. The molecule has 0 radical (unpaired) electrons. The monoisotopic (exact) mass is 254 g/mol. The zero-order valence-electron chi connectivity index (χ0n) is 9.46. The molecule has 0 bridgehead atoms. The van der Waals surface area contributed by atoms with Gasteiger partial charge in [-0.1, -0.05) is 24.3 Å². The number of para-hydroxylation sites is 1. The highest BCUT2D eigenvalue weighted by Gasteiger charge is 2.06. The molecule has 1 aromatic heterocycles. The lowest BCUT2D eigenvalue weighted by Gasteiger charge is -1.97. The molecule has 0 saturated heterocycles. The molecular weight excluding hydrogens is 244 g/mol. The summed E-state index contributed by atoms with van der Waals surface area (Å²) < 4.78 is 1.16. The van der Waals surface area contributed by atoms with Crippen molar-refractivity contribution >= 4 is 27.5 Å². The summed E-state index contributed by atoms with van der Waals surface area (Å²) >= 11 is 1.64. The number of primary amides is 1. The van der Waals surface area contributed by atoms with Crippen molar-refractivity contribution < 1.29 is 4.79 Å². The maximum absolute atomic E-state index is 11.0. The van der Waals surface area contributed by atoms with Crippen LogP contribution in [-0.4, -0.2) is 10.9 Å². The van der Waals surface area contributed by atoms with Gasteiger partial charge in [0, 0.05) is 11.1 Å². The number of hydrogen-bond acceptors (Lipinski definition) is 3. The highest BCUT2D eigenvalue weighted by Crippen LogP contribution is 2.29. The quantitative estimate of drug-likeness (QED) is 0.764. The van der Waals surface area contributed by atoms with Gasteiger partial charge in [0.1, 0.15) is 5.01 Å². The standard InChI is InChI=1S/C14H10N2OS/c15-13(17)9-5-7-10(8-6-9)14-16-11-3-1-2-4-12(11)18-14/h1-8H,(H2,15,17). The second kappa shape index (κ2) is 4.23. The Kier molecular flexibility index (Phi) is 2.57. The van der Waals surface area contributed by atoms with Gasteiger partial charge in [-0.3, -0.25) is 4.79 Å². The largest absolute Gasteiger partial charge is 0.366 e. The van der Waals surface area contributed by atoms with Crippen molar-refractivity contribution in [3.8, 4) is 10.6 Å². The highest BCUT2D eigenvalue weighted by molar-refractivity contribution is 7.21. The first-order valence-corrected chi connectivity index (χ1v) is 6.31. The predicted molar refractivity (Wildman–Crippen MR) is 73.6 cm³/mol. The first-order chi connectivity index (χ1) is 8.74. The van der Waals surface area contributed by atoms with Gasteiger partial charge in [0.25, 0.3) is 0 Å².